The molecule has 5 unspecified atom stereocenters. The third kappa shape index (κ3) is 4.92. The van der Waals surface area contributed by atoms with Gasteiger partial charge in [-0.05, 0) is 54.7 Å². The van der Waals surface area contributed by atoms with E-state index in [4.69, 9.17) is 14.2 Å². The number of allylic oxidation sites excluding steroid dienone is 1. The van der Waals surface area contributed by atoms with E-state index in [2.05, 4.69) is 24.8 Å². The number of carbonyl (C=O) groups excluding carboxylic acids is 1. The first-order valence-electron chi connectivity index (χ1n) is 12.4. The molecule has 1 aliphatic heterocycles. The van der Waals surface area contributed by atoms with Gasteiger partial charge in [-0.3, -0.25) is 9.69 Å². The number of aliphatic hydroxyl groups excluding tert-OH is 1. The van der Waals surface area contributed by atoms with Crippen molar-refractivity contribution >= 4 is 5.97 Å². The van der Waals surface area contributed by atoms with Crippen molar-refractivity contribution in [3.05, 3.63) is 35.4 Å². The lowest BCUT2D eigenvalue weighted by Crippen LogP contribution is -2.41. The van der Waals surface area contributed by atoms with Crippen LogP contribution in [0.5, 0.6) is 11.5 Å². The second-order valence-corrected chi connectivity index (χ2v) is 10.3. The van der Waals surface area contributed by atoms with Crippen LogP contribution in [0, 0.1) is 23.2 Å². The van der Waals surface area contributed by atoms with Gasteiger partial charge in [0.2, 0.25) is 0 Å². The molecule has 0 aromatic heterocycles. The first-order valence-corrected chi connectivity index (χ1v) is 12.4. The molecule has 1 aromatic carbocycles. The van der Waals surface area contributed by atoms with Crippen LogP contribution < -0.4 is 9.47 Å². The largest absolute Gasteiger partial charge is 0.493 e. The summed E-state index contributed by atoms with van der Waals surface area (Å²) in [5.74, 6) is 1.88. The molecule has 2 fully saturated rings. The molecule has 1 saturated carbocycles. The highest BCUT2D eigenvalue weighted by Gasteiger charge is 2.51. The summed E-state index contributed by atoms with van der Waals surface area (Å²) in [5, 5.41) is 9.45. The standard InChI is InChI=1S/C27H39NO5/c1-18-7-5-10-27(2)15-25-20(14-22(18)27)21(26(30)33-25)17-28(11-6-12-29)16-19-8-9-23(31-3)24(13-19)32-4/h8-9,13-14,18,20-21,25,29H,5-7,10-12,15-17H2,1-4H3. The minimum Gasteiger partial charge on any atom is -0.493 e. The molecule has 1 N–H and O–H groups in total. The minimum atomic E-state index is -0.167. The number of esters is 1. The number of methoxy groups -OCH3 is 2. The topological polar surface area (TPSA) is 68.2 Å². The number of rotatable bonds is 9. The highest BCUT2D eigenvalue weighted by atomic mass is 16.6. The molecule has 0 bridgehead atoms. The lowest BCUT2D eigenvalue weighted by molar-refractivity contribution is -0.145. The van der Waals surface area contributed by atoms with Crippen molar-refractivity contribution in [3.63, 3.8) is 0 Å². The zero-order valence-electron chi connectivity index (χ0n) is 20.5. The third-order valence-corrected chi connectivity index (χ3v) is 8.02. The van der Waals surface area contributed by atoms with Gasteiger partial charge in [0.05, 0.1) is 20.1 Å². The van der Waals surface area contributed by atoms with Crippen LogP contribution in [-0.4, -0.2) is 56.0 Å². The lowest BCUT2D eigenvalue weighted by Gasteiger charge is -2.46. The average Bonchev–Trinajstić information content (AvgIpc) is 3.09. The highest BCUT2D eigenvalue weighted by molar-refractivity contribution is 5.76. The molecule has 0 radical (unpaired) electrons. The van der Waals surface area contributed by atoms with E-state index in [-0.39, 0.29) is 35.9 Å². The summed E-state index contributed by atoms with van der Waals surface area (Å²) < 4.78 is 16.8. The van der Waals surface area contributed by atoms with Gasteiger partial charge in [0.25, 0.3) is 0 Å². The first-order chi connectivity index (χ1) is 15.9. The third-order valence-electron chi connectivity index (χ3n) is 8.02. The predicted octanol–water partition coefficient (Wildman–Crippen LogP) is 4.20. The molecule has 5 atom stereocenters. The van der Waals surface area contributed by atoms with E-state index in [0.29, 0.717) is 36.9 Å². The fourth-order valence-corrected chi connectivity index (χ4v) is 6.30. The van der Waals surface area contributed by atoms with Gasteiger partial charge < -0.3 is 19.3 Å². The first kappa shape index (κ1) is 24.1. The van der Waals surface area contributed by atoms with Crippen LogP contribution in [0.2, 0.25) is 0 Å². The van der Waals surface area contributed by atoms with Crippen molar-refractivity contribution in [1.82, 2.24) is 4.90 Å². The van der Waals surface area contributed by atoms with E-state index in [1.54, 1.807) is 19.8 Å². The number of fused-ring (bicyclic) bond motifs is 2. The number of ether oxygens (including phenoxy) is 3. The molecule has 1 heterocycles. The smallest absolute Gasteiger partial charge is 0.311 e. The Morgan fingerprint density at radius 3 is 2.76 bits per heavy atom. The molecule has 182 valence electrons. The van der Waals surface area contributed by atoms with Gasteiger partial charge in [0.1, 0.15) is 6.10 Å². The zero-order chi connectivity index (χ0) is 23.6. The Morgan fingerprint density at radius 2 is 2.03 bits per heavy atom. The van der Waals surface area contributed by atoms with Crippen molar-refractivity contribution in [1.29, 1.82) is 0 Å². The molecule has 3 aliphatic rings. The van der Waals surface area contributed by atoms with Crippen molar-refractivity contribution in [2.45, 2.75) is 58.6 Å². The molecule has 33 heavy (non-hydrogen) atoms. The van der Waals surface area contributed by atoms with E-state index in [9.17, 15) is 9.90 Å². The number of benzene rings is 1. The maximum Gasteiger partial charge on any atom is 0.311 e. The zero-order valence-corrected chi connectivity index (χ0v) is 20.5. The monoisotopic (exact) mass is 457 g/mol. The maximum absolute atomic E-state index is 13.0. The molecular weight excluding hydrogens is 418 g/mol. The summed E-state index contributed by atoms with van der Waals surface area (Å²) in [6.07, 6.45) is 7.69. The van der Waals surface area contributed by atoms with E-state index < -0.39 is 0 Å². The predicted molar refractivity (Wildman–Crippen MR) is 127 cm³/mol. The number of hydrogen-bond donors (Lipinski definition) is 1. The van der Waals surface area contributed by atoms with Crippen LogP contribution in [0.4, 0.5) is 0 Å². The summed E-state index contributed by atoms with van der Waals surface area (Å²) >= 11 is 0. The van der Waals surface area contributed by atoms with Crippen LogP contribution >= 0.6 is 0 Å². The van der Waals surface area contributed by atoms with Gasteiger partial charge in [-0.25, -0.2) is 0 Å². The van der Waals surface area contributed by atoms with Crippen LogP contribution in [0.3, 0.4) is 0 Å². The molecular formula is C27H39NO5. The Morgan fingerprint density at radius 1 is 1.24 bits per heavy atom. The van der Waals surface area contributed by atoms with Crippen molar-refractivity contribution in [2.75, 3.05) is 33.9 Å². The van der Waals surface area contributed by atoms with Crippen LogP contribution in [0.15, 0.2) is 29.8 Å². The van der Waals surface area contributed by atoms with Gasteiger partial charge in [-0.15, -0.1) is 0 Å². The summed E-state index contributed by atoms with van der Waals surface area (Å²) in [6, 6.07) is 5.92. The molecule has 2 aliphatic carbocycles. The van der Waals surface area contributed by atoms with E-state index in [1.807, 2.05) is 18.2 Å². The van der Waals surface area contributed by atoms with E-state index in [1.165, 1.54) is 19.3 Å². The van der Waals surface area contributed by atoms with E-state index in [0.717, 1.165) is 18.5 Å². The molecule has 0 amide bonds. The van der Waals surface area contributed by atoms with E-state index >= 15 is 0 Å². The Balaban J connectivity index is 1.54. The Kier molecular flexibility index (Phi) is 7.34. The van der Waals surface area contributed by atoms with Crippen molar-refractivity contribution < 1.29 is 24.1 Å². The Labute approximate surface area is 197 Å². The van der Waals surface area contributed by atoms with Crippen LogP contribution in [0.25, 0.3) is 0 Å². The van der Waals surface area contributed by atoms with Gasteiger partial charge >= 0.3 is 5.97 Å². The molecule has 1 aromatic rings. The molecule has 0 spiro atoms. The van der Waals surface area contributed by atoms with Gasteiger partial charge in [-0.1, -0.05) is 38.0 Å². The number of aliphatic hydroxyl groups is 1. The summed E-state index contributed by atoms with van der Waals surface area (Å²) in [5.41, 5.74) is 2.80. The normalized spacial score (nSPS) is 31.0. The van der Waals surface area contributed by atoms with Gasteiger partial charge in [0.15, 0.2) is 11.5 Å². The maximum atomic E-state index is 13.0. The minimum absolute atomic E-state index is 0.0117. The quantitative estimate of drug-likeness (QED) is 0.443. The second-order valence-electron chi connectivity index (χ2n) is 10.3. The van der Waals surface area contributed by atoms with Crippen molar-refractivity contribution in [2.24, 2.45) is 23.2 Å². The summed E-state index contributed by atoms with van der Waals surface area (Å²) in [4.78, 5) is 15.3. The summed E-state index contributed by atoms with van der Waals surface area (Å²) in [7, 11) is 3.26. The van der Waals surface area contributed by atoms with Crippen LogP contribution in [-0.2, 0) is 16.1 Å². The van der Waals surface area contributed by atoms with Gasteiger partial charge in [-0.2, -0.15) is 0 Å². The molecule has 6 nitrogen and oxygen atoms in total. The molecule has 1 saturated heterocycles. The lowest BCUT2D eigenvalue weighted by atomic mass is 9.59. The Hall–Kier alpha value is -2.05. The average molecular weight is 458 g/mol. The second kappa shape index (κ2) is 10.1. The SMILES string of the molecule is COc1ccc(CN(CCCO)CC2C(=O)OC3CC4(C)CCCC(C)C4=CC32)cc1OC. The number of carbonyl (C=O) groups is 1. The number of hydrogen-bond acceptors (Lipinski definition) is 6. The number of nitrogens with zero attached hydrogens (tertiary/aromatic N) is 1. The fourth-order valence-electron chi connectivity index (χ4n) is 6.30. The van der Waals surface area contributed by atoms with Crippen LogP contribution in [0.1, 0.15) is 51.5 Å². The summed E-state index contributed by atoms with van der Waals surface area (Å²) in [6.45, 7) is 6.84. The molecule has 4 rings (SSSR count). The Bertz CT molecular complexity index is 883. The molecule has 6 heteroatoms. The fraction of sp³-hybridized carbons (Fsp3) is 0.667. The van der Waals surface area contributed by atoms with Gasteiger partial charge in [0, 0.05) is 32.2 Å². The highest BCUT2D eigenvalue weighted by Crippen LogP contribution is 2.54. The van der Waals surface area contributed by atoms with Crippen molar-refractivity contribution in [3.8, 4) is 11.5 Å².